The number of rotatable bonds is 3. The number of aromatic nitrogens is 4. The van der Waals surface area contributed by atoms with Crippen LogP contribution in [-0.2, 0) is 9.53 Å². The molecule has 4 atom stereocenters. The van der Waals surface area contributed by atoms with E-state index in [2.05, 4.69) is 20.3 Å². The molecule has 6 N–H and O–H groups in total. The maximum Gasteiger partial charge on any atom is 0.280 e. The summed E-state index contributed by atoms with van der Waals surface area (Å²) in [6.07, 6.45) is -2.90. The average molecular weight is 324 g/mol. The van der Waals surface area contributed by atoms with Crippen LogP contribution in [0.2, 0.25) is 0 Å². The summed E-state index contributed by atoms with van der Waals surface area (Å²) in [5.41, 5.74) is 5.04. The zero-order valence-corrected chi connectivity index (χ0v) is 12.1. The van der Waals surface area contributed by atoms with Gasteiger partial charge in [-0.15, -0.1) is 0 Å². The van der Waals surface area contributed by atoms with E-state index in [1.165, 1.54) is 17.8 Å². The van der Waals surface area contributed by atoms with E-state index in [0.29, 0.717) is 0 Å². The molecule has 0 saturated carbocycles. The summed E-state index contributed by atoms with van der Waals surface area (Å²) in [5.74, 6) is -0.463. The Bertz CT molecular complexity index is 801. The third-order valence-electron chi connectivity index (χ3n) is 3.57. The highest BCUT2D eigenvalue weighted by molar-refractivity contribution is 5.87. The normalized spacial score (nSPS) is 27.5. The molecule has 0 radical (unpaired) electrons. The van der Waals surface area contributed by atoms with Gasteiger partial charge in [-0.25, -0.2) is 4.98 Å². The Kier molecular flexibility index (Phi) is 3.85. The van der Waals surface area contributed by atoms with Crippen molar-refractivity contribution in [2.45, 2.75) is 31.5 Å². The van der Waals surface area contributed by atoms with Gasteiger partial charge in [0.15, 0.2) is 17.4 Å². The van der Waals surface area contributed by atoms with Gasteiger partial charge in [-0.1, -0.05) is 0 Å². The maximum absolute atomic E-state index is 12.0. The number of aliphatic hydroxyl groups is 2. The largest absolute Gasteiger partial charge is 0.387 e. The second kappa shape index (κ2) is 5.70. The maximum atomic E-state index is 12.0. The smallest absolute Gasteiger partial charge is 0.280 e. The molecule has 0 aromatic carbocycles. The topological polar surface area (TPSA) is 168 Å². The van der Waals surface area contributed by atoms with Gasteiger partial charge in [0.1, 0.15) is 18.3 Å². The molecule has 1 fully saturated rings. The standard InChI is InChI=1S/C12H16N6O5/c1-4(19)15-12-16-9-6(10(22)17-12)14-3-18(9)11-8(21)7(20)5(2-13)23-11/h3,5,7-8,11,20-21H,2,13H2,1H3,(H2,15,16,17,19,22)/t5-,7-,8-,11-/m1/s1. The first kappa shape index (κ1) is 15.6. The molecule has 0 spiro atoms. The Morgan fingerprint density at radius 2 is 2.26 bits per heavy atom. The van der Waals surface area contributed by atoms with Crippen molar-refractivity contribution in [3.8, 4) is 0 Å². The van der Waals surface area contributed by atoms with Crippen LogP contribution in [0.1, 0.15) is 13.2 Å². The molecular weight excluding hydrogens is 308 g/mol. The van der Waals surface area contributed by atoms with Gasteiger partial charge in [-0.3, -0.25) is 24.5 Å². The monoisotopic (exact) mass is 324 g/mol. The molecular formula is C12H16N6O5. The van der Waals surface area contributed by atoms with Crippen molar-refractivity contribution in [3.05, 3.63) is 16.7 Å². The van der Waals surface area contributed by atoms with E-state index in [-0.39, 0.29) is 23.7 Å². The number of H-pyrrole nitrogens is 1. The number of carbonyl (C=O) groups is 1. The van der Waals surface area contributed by atoms with Crippen LogP contribution in [0.25, 0.3) is 11.2 Å². The van der Waals surface area contributed by atoms with Gasteiger partial charge >= 0.3 is 0 Å². The lowest BCUT2D eigenvalue weighted by Gasteiger charge is -2.16. The average Bonchev–Trinajstić information content (AvgIpc) is 3.01. The molecule has 1 aliphatic rings. The van der Waals surface area contributed by atoms with Crippen molar-refractivity contribution in [1.29, 1.82) is 0 Å². The number of nitrogens with zero attached hydrogens (tertiary/aromatic N) is 3. The van der Waals surface area contributed by atoms with Gasteiger partial charge in [0.2, 0.25) is 11.9 Å². The number of amides is 1. The van der Waals surface area contributed by atoms with Crippen molar-refractivity contribution in [3.63, 3.8) is 0 Å². The Labute approximate surface area is 129 Å². The predicted molar refractivity (Wildman–Crippen MR) is 77.4 cm³/mol. The second-order valence-electron chi connectivity index (χ2n) is 5.20. The number of imidazole rings is 1. The molecule has 11 nitrogen and oxygen atoms in total. The molecule has 23 heavy (non-hydrogen) atoms. The van der Waals surface area contributed by atoms with Crippen molar-refractivity contribution in [2.24, 2.45) is 5.73 Å². The van der Waals surface area contributed by atoms with Crippen LogP contribution in [0.15, 0.2) is 11.1 Å². The minimum atomic E-state index is -1.26. The van der Waals surface area contributed by atoms with Gasteiger partial charge in [0, 0.05) is 13.5 Å². The summed E-state index contributed by atoms with van der Waals surface area (Å²) in [6.45, 7) is 1.29. The van der Waals surface area contributed by atoms with Crippen LogP contribution in [-0.4, -0.2) is 60.5 Å². The summed E-state index contributed by atoms with van der Waals surface area (Å²) in [5, 5.41) is 22.4. The van der Waals surface area contributed by atoms with E-state index >= 15 is 0 Å². The summed E-state index contributed by atoms with van der Waals surface area (Å²) >= 11 is 0. The quantitative estimate of drug-likeness (QED) is 0.418. The van der Waals surface area contributed by atoms with E-state index in [9.17, 15) is 19.8 Å². The molecule has 3 heterocycles. The third kappa shape index (κ3) is 2.59. The Morgan fingerprint density at radius 3 is 2.87 bits per heavy atom. The second-order valence-corrected chi connectivity index (χ2v) is 5.20. The van der Waals surface area contributed by atoms with E-state index in [4.69, 9.17) is 10.5 Å². The van der Waals surface area contributed by atoms with Crippen molar-refractivity contribution in [1.82, 2.24) is 19.5 Å². The van der Waals surface area contributed by atoms with E-state index in [1.54, 1.807) is 0 Å². The number of carbonyl (C=O) groups excluding carboxylic acids is 1. The highest BCUT2D eigenvalue weighted by Gasteiger charge is 2.43. The highest BCUT2D eigenvalue weighted by atomic mass is 16.6. The number of nitrogens with two attached hydrogens (primary N) is 1. The highest BCUT2D eigenvalue weighted by Crippen LogP contribution is 2.30. The van der Waals surface area contributed by atoms with Gasteiger partial charge in [0.25, 0.3) is 5.56 Å². The van der Waals surface area contributed by atoms with Crippen molar-refractivity contribution >= 4 is 23.0 Å². The Balaban J connectivity index is 2.06. The van der Waals surface area contributed by atoms with Gasteiger partial charge in [-0.2, -0.15) is 4.98 Å². The Morgan fingerprint density at radius 1 is 1.52 bits per heavy atom. The lowest BCUT2D eigenvalue weighted by atomic mass is 10.1. The summed E-state index contributed by atoms with van der Waals surface area (Å²) in [7, 11) is 0. The number of aliphatic hydroxyl groups excluding tert-OH is 2. The summed E-state index contributed by atoms with van der Waals surface area (Å²) < 4.78 is 6.83. The lowest BCUT2D eigenvalue weighted by Crippen LogP contribution is -2.35. The summed E-state index contributed by atoms with van der Waals surface area (Å²) in [6, 6.07) is 0. The molecule has 2 aromatic rings. The first-order chi connectivity index (χ1) is 10.9. The van der Waals surface area contributed by atoms with Gasteiger partial charge < -0.3 is 20.7 Å². The molecule has 0 unspecified atom stereocenters. The van der Waals surface area contributed by atoms with Gasteiger partial charge in [0.05, 0.1) is 6.33 Å². The van der Waals surface area contributed by atoms with Crippen LogP contribution in [0.5, 0.6) is 0 Å². The van der Waals surface area contributed by atoms with E-state index < -0.39 is 36.0 Å². The zero-order chi connectivity index (χ0) is 16.7. The predicted octanol–water partition coefficient (Wildman–Crippen LogP) is -2.34. The molecule has 124 valence electrons. The van der Waals surface area contributed by atoms with Crippen molar-refractivity contribution < 1.29 is 19.7 Å². The molecule has 0 bridgehead atoms. The Hall–Kier alpha value is -2.34. The number of anilines is 1. The molecule has 1 saturated heterocycles. The van der Waals surface area contributed by atoms with Crippen LogP contribution in [0, 0.1) is 0 Å². The fourth-order valence-electron chi connectivity index (χ4n) is 2.49. The number of fused-ring (bicyclic) bond motifs is 1. The van der Waals surface area contributed by atoms with Crippen LogP contribution in [0.3, 0.4) is 0 Å². The fraction of sp³-hybridized carbons (Fsp3) is 0.500. The zero-order valence-electron chi connectivity index (χ0n) is 12.1. The van der Waals surface area contributed by atoms with E-state index in [1.807, 2.05) is 0 Å². The van der Waals surface area contributed by atoms with Crippen LogP contribution < -0.4 is 16.6 Å². The number of hydrogen-bond acceptors (Lipinski definition) is 8. The third-order valence-corrected chi connectivity index (χ3v) is 3.57. The number of nitrogens with one attached hydrogen (secondary N) is 2. The van der Waals surface area contributed by atoms with Crippen LogP contribution >= 0.6 is 0 Å². The first-order valence-electron chi connectivity index (χ1n) is 6.88. The molecule has 1 amide bonds. The SMILES string of the molecule is CC(=O)Nc1nc2c(ncn2[C@@H]2O[C@H](CN)[C@@H](O)[C@H]2O)c(=O)[nH]1. The van der Waals surface area contributed by atoms with Crippen molar-refractivity contribution in [2.75, 3.05) is 11.9 Å². The first-order valence-corrected chi connectivity index (χ1v) is 6.88. The van der Waals surface area contributed by atoms with Gasteiger partial charge in [-0.05, 0) is 0 Å². The van der Waals surface area contributed by atoms with Crippen LogP contribution in [0.4, 0.5) is 5.95 Å². The molecule has 2 aromatic heterocycles. The minimum Gasteiger partial charge on any atom is -0.387 e. The number of aromatic amines is 1. The molecule has 3 rings (SSSR count). The molecule has 0 aliphatic carbocycles. The molecule has 1 aliphatic heterocycles. The summed E-state index contributed by atoms with van der Waals surface area (Å²) in [4.78, 5) is 33.5. The number of hydrogen-bond donors (Lipinski definition) is 5. The number of ether oxygens (including phenoxy) is 1. The molecule has 11 heteroatoms. The fourth-order valence-corrected chi connectivity index (χ4v) is 2.49. The lowest BCUT2D eigenvalue weighted by molar-refractivity contribution is -0.114. The van der Waals surface area contributed by atoms with E-state index in [0.717, 1.165) is 0 Å². The minimum absolute atomic E-state index is 0.0144.